The van der Waals surface area contributed by atoms with Crippen molar-refractivity contribution in [2.75, 3.05) is 4.90 Å². The summed E-state index contributed by atoms with van der Waals surface area (Å²) in [6.45, 7) is 2.10. The molecule has 0 radical (unpaired) electrons. The van der Waals surface area contributed by atoms with Gasteiger partial charge in [-0.1, -0.05) is 61.7 Å². The van der Waals surface area contributed by atoms with Crippen LogP contribution in [0.2, 0.25) is 0 Å². The highest BCUT2D eigenvalue weighted by molar-refractivity contribution is 9.10. The lowest BCUT2D eigenvalue weighted by molar-refractivity contribution is 1.27. The molecule has 0 N–H and O–H groups in total. The number of anilines is 3. The Kier molecular flexibility index (Phi) is 4.65. The highest BCUT2D eigenvalue weighted by Gasteiger charge is 2.12. The van der Waals surface area contributed by atoms with Gasteiger partial charge in [0.2, 0.25) is 0 Å². The van der Waals surface area contributed by atoms with Crippen molar-refractivity contribution >= 4 is 48.9 Å². The molecule has 0 fully saturated rings. The monoisotopic (exact) mass is 415 g/mol. The van der Waals surface area contributed by atoms with E-state index in [9.17, 15) is 0 Å². The van der Waals surface area contributed by atoms with Crippen LogP contribution in [0, 0.1) is 6.92 Å². The molecular formula is C19H15Br2N. The predicted molar refractivity (Wildman–Crippen MR) is 101 cm³/mol. The lowest BCUT2D eigenvalue weighted by Crippen LogP contribution is -2.09. The lowest BCUT2D eigenvalue weighted by Gasteiger charge is -2.26. The van der Waals surface area contributed by atoms with Crippen molar-refractivity contribution < 1.29 is 0 Å². The Morgan fingerprint density at radius 1 is 0.636 bits per heavy atom. The van der Waals surface area contributed by atoms with E-state index in [1.807, 2.05) is 12.1 Å². The average Bonchev–Trinajstić information content (AvgIpc) is 2.50. The SMILES string of the molecule is Cc1ccc(N(c2cccc(Br)c2)c2cccc(Br)c2)cc1. The van der Waals surface area contributed by atoms with Crippen molar-refractivity contribution in [3.63, 3.8) is 0 Å². The third-order valence-corrected chi connectivity index (χ3v) is 4.41. The fourth-order valence-corrected chi connectivity index (χ4v) is 3.15. The molecule has 0 aliphatic rings. The minimum atomic E-state index is 1.07. The summed E-state index contributed by atoms with van der Waals surface area (Å²) in [4.78, 5) is 2.24. The Hall–Kier alpha value is -1.58. The molecule has 0 spiro atoms. The molecule has 0 heterocycles. The molecule has 0 atom stereocenters. The molecule has 0 amide bonds. The topological polar surface area (TPSA) is 3.24 Å². The maximum Gasteiger partial charge on any atom is 0.0472 e. The number of rotatable bonds is 3. The van der Waals surface area contributed by atoms with Crippen LogP contribution in [-0.4, -0.2) is 0 Å². The first-order valence-corrected chi connectivity index (χ1v) is 8.60. The number of nitrogens with zero attached hydrogens (tertiary/aromatic N) is 1. The molecular weight excluding hydrogens is 402 g/mol. The average molecular weight is 417 g/mol. The number of benzene rings is 3. The van der Waals surface area contributed by atoms with E-state index in [4.69, 9.17) is 0 Å². The summed E-state index contributed by atoms with van der Waals surface area (Å²) in [6, 6.07) is 25.2. The van der Waals surface area contributed by atoms with Crippen LogP contribution in [0.4, 0.5) is 17.1 Å². The first-order valence-electron chi connectivity index (χ1n) is 7.01. The van der Waals surface area contributed by atoms with E-state index in [2.05, 4.69) is 104 Å². The van der Waals surface area contributed by atoms with Crippen molar-refractivity contribution in [3.8, 4) is 0 Å². The highest BCUT2D eigenvalue weighted by atomic mass is 79.9. The zero-order valence-corrected chi connectivity index (χ0v) is 15.3. The van der Waals surface area contributed by atoms with Gasteiger partial charge < -0.3 is 4.90 Å². The first kappa shape index (κ1) is 15.3. The zero-order chi connectivity index (χ0) is 15.5. The lowest BCUT2D eigenvalue weighted by atomic mass is 10.1. The van der Waals surface area contributed by atoms with Gasteiger partial charge in [0, 0.05) is 26.0 Å². The van der Waals surface area contributed by atoms with E-state index in [-0.39, 0.29) is 0 Å². The van der Waals surface area contributed by atoms with Crippen LogP contribution in [0.5, 0.6) is 0 Å². The molecule has 3 aromatic rings. The van der Waals surface area contributed by atoms with Crippen molar-refractivity contribution in [1.82, 2.24) is 0 Å². The molecule has 0 unspecified atom stereocenters. The maximum absolute atomic E-state index is 3.57. The van der Waals surface area contributed by atoms with Crippen molar-refractivity contribution in [2.24, 2.45) is 0 Å². The minimum Gasteiger partial charge on any atom is -0.310 e. The van der Waals surface area contributed by atoms with Crippen LogP contribution < -0.4 is 4.90 Å². The van der Waals surface area contributed by atoms with Crippen molar-refractivity contribution in [3.05, 3.63) is 87.3 Å². The summed E-state index contributed by atoms with van der Waals surface area (Å²) in [6.07, 6.45) is 0. The van der Waals surface area contributed by atoms with Crippen LogP contribution in [0.3, 0.4) is 0 Å². The predicted octanol–water partition coefficient (Wildman–Crippen LogP) is 6.99. The van der Waals surface area contributed by atoms with Gasteiger partial charge in [0.05, 0.1) is 0 Å². The fourth-order valence-electron chi connectivity index (χ4n) is 2.37. The molecule has 0 aliphatic carbocycles. The molecule has 0 saturated carbocycles. The van der Waals surface area contributed by atoms with Crippen LogP contribution >= 0.6 is 31.9 Å². The van der Waals surface area contributed by atoms with Crippen LogP contribution in [0.1, 0.15) is 5.56 Å². The number of halogens is 2. The summed E-state index contributed by atoms with van der Waals surface area (Å²) in [5, 5.41) is 0. The summed E-state index contributed by atoms with van der Waals surface area (Å²) in [5.41, 5.74) is 4.64. The summed E-state index contributed by atoms with van der Waals surface area (Å²) < 4.78 is 2.13. The van der Waals surface area contributed by atoms with E-state index in [1.165, 1.54) is 5.56 Å². The number of hydrogen-bond acceptors (Lipinski definition) is 1. The largest absolute Gasteiger partial charge is 0.310 e. The molecule has 3 aromatic carbocycles. The molecule has 0 saturated heterocycles. The molecule has 0 aromatic heterocycles. The van der Waals surface area contributed by atoms with E-state index in [0.717, 1.165) is 26.0 Å². The van der Waals surface area contributed by atoms with Crippen LogP contribution in [0.25, 0.3) is 0 Å². The third kappa shape index (κ3) is 3.42. The van der Waals surface area contributed by atoms with Gasteiger partial charge in [-0.3, -0.25) is 0 Å². The van der Waals surface area contributed by atoms with Crippen LogP contribution in [0.15, 0.2) is 81.7 Å². The van der Waals surface area contributed by atoms with Gasteiger partial charge in [0.25, 0.3) is 0 Å². The van der Waals surface area contributed by atoms with E-state index in [1.54, 1.807) is 0 Å². The quantitative estimate of drug-likeness (QED) is 0.444. The number of hydrogen-bond donors (Lipinski definition) is 0. The van der Waals surface area contributed by atoms with Gasteiger partial charge in [-0.05, 0) is 55.5 Å². The molecule has 0 aliphatic heterocycles. The molecule has 1 nitrogen and oxygen atoms in total. The second-order valence-corrected chi connectivity index (χ2v) is 6.96. The fraction of sp³-hybridized carbons (Fsp3) is 0.0526. The van der Waals surface area contributed by atoms with Gasteiger partial charge in [0.15, 0.2) is 0 Å². The first-order chi connectivity index (χ1) is 10.6. The zero-order valence-electron chi connectivity index (χ0n) is 12.1. The number of aryl methyl sites for hydroxylation is 1. The third-order valence-electron chi connectivity index (χ3n) is 3.42. The van der Waals surface area contributed by atoms with E-state index >= 15 is 0 Å². The Balaban J connectivity index is 2.15. The molecule has 3 rings (SSSR count). The molecule has 22 heavy (non-hydrogen) atoms. The maximum atomic E-state index is 3.57. The summed E-state index contributed by atoms with van der Waals surface area (Å²) >= 11 is 7.13. The van der Waals surface area contributed by atoms with Crippen molar-refractivity contribution in [2.45, 2.75) is 6.92 Å². The van der Waals surface area contributed by atoms with Crippen LogP contribution in [-0.2, 0) is 0 Å². The molecule has 0 bridgehead atoms. The highest BCUT2D eigenvalue weighted by Crippen LogP contribution is 2.36. The molecule has 3 heteroatoms. The standard InChI is InChI=1S/C19H15Br2N/c1-14-8-10-17(11-9-14)22(18-6-2-4-15(20)12-18)19-7-3-5-16(21)13-19/h2-13H,1H3. The van der Waals surface area contributed by atoms with Gasteiger partial charge in [0.1, 0.15) is 0 Å². The second-order valence-electron chi connectivity index (χ2n) is 5.13. The van der Waals surface area contributed by atoms with Gasteiger partial charge in [-0.25, -0.2) is 0 Å². The molecule has 110 valence electrons. The summed E-state index contributed by atoms with van der Waals surface area (Å²) in [7, 11) is 0. The minimum absolute atomic E-state index is 1.07. The smallest absolute Gasteiger partial charge is 0.0472 e. The van der Waals surface area contributed by atoms with Gasteiger partial charge >= 0.3 is 0 Å². The Labute approximate surface area is 147 Å². The second kappa shape index (κ2) is 6.67. The van der Waals surface area contributed by atoms with E-state index in [0.29, 0.717) is 0 Å². The summed E-state index contributed by atoms with van der Waals surface area (Å²) in [5.74, 6) is 0. The normalized spacial score (nSPS) is 10.5. The van der Waals surface area contributed by atoms with Gasteiger partial charge in [-0.15, -0.1) is 0 Å². The Morgan fingerprint density at radius 3 is 1.59 bits per heavy atom. The Bertz CT molecular complexity index is 736. The Morgan fingerprint density at radius 2 is 1.14 bits per heavy atom. The van der Waals surface area contributed by atoms with E-state index < -0.39 is 0 Å². The van der Waals surface area contributed by atoms with Crippen molar-refractivity contribution in [1.29, 1.82) is 0 Å². The van der Waals surface area contributed by atoms with Gasteiger partial charge in [-0.2, -0.15) is 0 Å².